The van der Waals surface area contributed by atoms with Crippen LogP contribution in [0, 0.1) is 12.8 Å². The fourth-order valence-electron chi connectivity index (χ4n) is 1.59. The number of hydrogen-bond acceptors (Lipinski definition) is 4. The van der Waals surface area contributed by atoms with Crippen LogP contribution in [0.5, 0.6) is 0 Å². The van der Waals surface area contributed by atoms with Crippen LogP contribution < -0.4 is 5.32 Å². The van der Waals surface area contributed by atoms with Crippen LogP contribution in [0.1, 0.15) is 25.1 Å². The van der Waals surface area contributed by atoms with Crippen molar-refractivity contribution in [2.45, 2.75) is 26.2 Å². The molecule has 1 aromatic heterocycles. The van der Waals surface area contributed by atoms with Crippen molar-refractivity contribution in [2.24, 2.45) is 5.92 Å². The molecular weight excluding hydrogens is 194 g/mol. The van der Waals surface area contributed by atoms with E-state index in [1.165, 1.54) is 0 Å². The summed E-state index contributed by atoms with van der Waals surface area (Å²) in [5.41, 5.74) is 0. The summed E-state index contributed by atoms with van der Waals surface area (Å²) < 4.78 is 4.81. The van der Waals surface area contributed by atoms with Crippen LogP contribution in [0.15, 0.2) is 16.7 Å². The highest BCUT2D eigenvalue weighted by Crippen LogP contribution is 2.19. The number of carbonyl (C=O) groups is 1. The summed E-state index contributed by atoms with van der Waals surface area (Å²) in [7, 11) is 0. The molecule has 0 spiro atoms. The summed E-state index contributed by atoms with van der Waals surface area (Å²) in [4.78, 5) is 15.6. The molecule has 1 N–H and O–H groups in total. The number of allylic oxidation sites excluding steroid dienone is 2. The topological polar surface area (TPSA) is 68.0 Å². The van der Waals surface area contributed by atoms with Crippen LogP contribution in [0.4, 0.5) is 6.01 Å². The molecule has 1 atom stereocenters. The number of amides is 1. The second kappa shape index (κ2) is 4.25. The average molecular weight is 207 g/mol. The zero-order chi connectivity index (χ0) is 10.7. The van der Waals surface area contributed by atoms with Crippen LogP contribution in [0.2, 0.25) is 0 Å². The van der Waals surface area contributed by atoms with Crippen molar-refractivity contribution < 1.29 is 9.32 Å². The van der Waals surface area contributed by atoms with Gasteiger partial charge in [-0.25, -0.2) is 0 Å². The summed E-state index contributed by atoms with van der Waals surface area (Å²) in [6, 6.07) is 0.187. The van der Waals surface area contributed by atoms with Gasteiger partial charge in [-0.2, -0.15) is 4.98 Å². The van der Waals surface area contributed by atoms with Gasteiger partial charge in [0.1, 0.15) is 0 Å². The average Bonchev–Trinajstić information content (AvgIpc) is 2.65. The van der Waals surface area contributed by atoms with Crippen molar-refractivity contribution in [3.05, 3.63) is 18.0 Å². The van der Waals surface area contributed by atoms with Crippen LogP contribution in [0.25, 0.3) is 0 Å². The lowest BCUT2D eigenvalue weighted by atomic mass is 9.94. The molecule has 1 aliphatic rings. The zero-order valence-corrected chi connectivity index (χ0v) is 8.56. The van der Waals surface area contributed by atoms with E-state index >= 15 is 0 Å². The molecule has 5 nitrogen and oxygen atoms in total. The Morgan fingerprint density at radius 1 is 1.60 bits per heavy atom. The monoisotopic (exact) mass is 207 g/mol. The predicted octanol–water partition coefficient (Wildman–Crippen LogP) is 1.67. The Kier molecular flexibility index (Phi) is 2.80. The van der Waals surface area contributed by atoms with Gasteiger partial charge in [0.05, 0.1) is 0 Å². The third-order valence-corrected chi connectivity index (χ3v) is 2.40. The van der Waals surface area contributed by atoms with Gasteiger partial charge in [-0.15, -0.1) is 0 Å². The van der Waals surface area contributed by atoms with E-state index in [9.17, 15) is 4.79 Å². The Bertz CT molecular complexity index is 384. The third-order valence-electron chi connectivity index (χ3n) is 2.40. The van der Waals surface area contributed by atoms with E-state index in [0.717, 1.165) is 19.3 Å². The highest BCUT2D eigenvalue weighted by molar-refractivity contribution is 5.90. The summed E-state index contributed by atoms with van der Waals surface area (Å²) in [6.07, 6.45) is 6.77. The molecule has 1 heterocycles. The maximum absolute atomic E-state index is 11.7. The lowest BCUT2D eigenvalue weighted by Gasteiger charge is -2.15. The first-order chi connectivity index (χ1) is 7.25. The number of hydrogen-bond donors (Lipinski definition) is 1. The summed E-state index contributed by atoms with van der Waals surface area (Å²) >= 11 is 0. The Balaban J connectivity index is 1.94. The van der Waals surface area contributed by atoms with Crippen molar-refractivity contribution in [3.8, 4) is 0 Å². The second-order valence-corrected chi connectivity index (χ2v) is 3.62. The fraction of sp³-hybridized carbons (Fsp3) is 0.500. The summed E-state index contributed by atoms with van der Waals surface area (Å²) in [5.74, 6) is 0.513. The molecule has 80 valence electrons. The number of aromatic nitrogens is 2. The SMILES string of the molecule is Cc1noc(NC(=O)[C@H]2CC=CCC2)n1. The second-order valence-electron chi connectivity index (χ2n) is 3.62. The van der Waals surface area contributed by atoms with Gasteiger partial charge in [-0.3, -0.25) is 10.1 Å². The molecule has 1 aromatic rings. The minimum absolute atomic E-state index is 0.0298. The van der Waals surface area contributed by atoms with Crippen LogP contribution in [0.3, 0.4) is 0 Å². The molecule has 1 aliphatic carbocycles. The summed E-state index contributed by atoms with van der Waals surface area (Å²) in [6.45, 7) is 1.71. The number of carbonyl (C=O) groups excluding carboxylic acids is 1. The minimum Gasteiger partial charge on any atom is -0.315 e. The molecule has 2 rings (SSSR count). The van der Waals surface area contributed by atoms with Crippen molar-refractivity contribution >= 4 is 11.9 Å². The van der Waals surface area contributed by atoms with Gasteiger partial charge in [-0.05, 0) is 26.2 Å². The molecule has 0 saturated heterocycles. The lowest BCUT2D eigenvalue weighted by molar-refractivity contribution is -0.120. The zero-order valence-electron chi connectivity index (χ0n) is 8.56. The number of nitrogens with zero attached hydrogens (tertiary/aromatic N) is 2. The Morgan fingerprint density at radius 2 is 2.47 bits per heavy atom. The Hall–Kier alpha value is -1.65. The first kappa shape index (κ1) is 9.89. The molecule has 0 aliphatic heterocycles. The number of nitrogens with one attached hydrogen (secondary N) is 1. The van der Waals surface area contributed by atoms with Gasteiger partial charge in [0.15, 0.2) is 5.82 Å². The molecule has 0 bridgehead atoms. The Labute approximate surface area is 87.6 Å². The standard InChI is InChI=1S/C10H13N3O2/c1-7-11-10(15-13-7)12-9(14)8-5-3-2-4-6-8/h2-3,8H,4-6H2,1H3,(H,11,12,13,14)/t8-/m0/s1. The molecule has 0 aromatic carbocycles. The first-order valence-corrected chi connectivity index (χ1v) is 5.02. The Morgan fingerprint density at radius 3 is 3.07 bits per heavy atom. The predicted molar refractivity (Wildman–Crippen MR) is 54.1 cm³/mol. The van der Waals surface area contributed by atoms with Crippen molar-refractivity contribution in [1.82, 2.24) is 10.1 Å². The smallest absolute Gasteiger partial charge is 0.315 e. The van der Waals surface area contributed by atoms with Crippen LogP contribution >= 0.6 is 0 Å². The molecule has 1 amide bonds. The van der Waals surface area contributed by atoms with E-state index in [1.54, 1.807) is 6.92 Å². The highest BCUT2D eigenvalue weighted by Gasteiger charge is 2.20. The van der Waals surface area contributed by atoms with E-state index in [0.29, 0.717) is 5.82 Å². The molecule has 0 unspecified atom stereocenters. The minimum atomic E-state index is -0.0389. The largest absolute Gasteiger partial charge is 0.328 e. The van der Waals surface area contributed by atoms with Gasteiger partial charge < -0.3 is 4.52 Å². The molecule has 0 saturated carbocycles. The van der Waals surface area contributed by atoms with E-state index in [4.69, 9.17) is 4.52 Å². The number of anilines is 1. The van der Waals surface area contributed by atoms with Crippen molar-refractivity contribution in [1.29, 1.82) is 0 Å². The fourth-order valence-corrected chi connectivity index (χ4v) is 1.59. The molecule has 0 fully saturated rings. The van der Waals surface area contributed by atoms with E-state index in [-0.39, 0.29) is 17.8 Å². The maximum Gasteiger partial charge on any atom is 0.328 e. The van der Waals surface area contributed by atoms with Gasteiger partial charge in [0, 0.05) is 5.92 Å². The van der Waals surface area contributed by atoms with Gasteiger partial charge >= 0.3 is 6.01 Å². The maximum atomic E-state index is 11.7. The normalized spacial score (nSPS) is 20.2. The quantitative estimate of drug-likeness (QED) is 0.749. The highest BCUT2D eigenvalue weighted by atomic mass is 16.5. The van der Waals surface area contributed by atoms with Crippen LogP contribution in [-0.4, -0.2) is 16.0 Å². The van der Waals surface area contributed by atoms with Crippen molar-refractivity contribution in [2.75, 3.05) is 5.32 Å². The molecule has 15 heavy (non-hydrogen) atoms. The van der Waals surface area contributed by atoms with E-state index < -0.39 is 0 Å². The lowest BCUT2D eigenvalue weighted by Crippen LogP contribution is -2.23. The molecule has 0 radical (unpaired) electrons. The van der Waals surface area contributed by atoms with Crippen molar-refractivity contribution in [3.63, 3.8) is 0 Å². The number of aryl methyl sites for hydroxylation is 1. The van der Waals surface area contributed by atoms with E-state index in [1.807, 2.05) is 6.08 Å². The first-order valence-electron chi connectivity index (χ1n) is 5.02. The van der Waals surface area contributed by atoms with Gasteiger partial charge in [-0.1, -0.05) is 17.3 Å². The van der Waals surface area contributed by atoms with Crippen LogP contribution in [-0.2, 0) is 4.79 Å². The number of rotatable bonds is 2. The van der Waals surface area contributed by atoms with Gasteiger partial charge in [0.2, 0.25) is 5.91 Å². The third kappa shape index (κ3) is 2.43. The van der Waals surface area contributed by atoms with E-state index in [2.05, 4.69) is 21.5 Å². The van der Waals surface area contributed by atoms with Gasteiger partial charge in [0.25, 0.3) is 0 Å². The summed E-state index contributed by atoms with van der Waals surface area (Å²) in [5, 5.41) is 6.22. The molecular formula is C10H13N3O2. The molecule has 5 heteroatoms.